The van der Waals surface area contributed by atoms with E-state index in [4.69, 9.17) is 0 Å². The summed E-state index contributed by atoms with van der Waals surface area (Å²) in [5.41, 5.74) is 4.95. The fraction of sp³-hybridized carbons (Fsp3) is 0.440. The number of carbonyl (C=O) groups excluding carboxylic acids is 1. The molecule has 4 rings (SSSR count). The number of benzene rings is 2. The molecule has 4 N–H and O–H groups in total. The lowest BCUT2D eigenvalue weighted by Crippen LogP contribution is -2.45. The van der Waals surface area contributed by atoms with Crippen molar-refractivity contribution in [3.8, 4) is 11.1 Å². The molecule has 2 aliphatic heterocycles. The summed E-state index contributed by atoms with van der Waals surface area (Å²) < 4.78 is 0. The number of halogens is 2. The van der Waals surface area contributed by atoms with E-state index in [1.807, 2.05) is 25.1 Å². The molecule has 186 valence electrons. The molecular weight excluding hydrogens is 475 g/mol. The Labute approximate surface area is 213 Å². The molecule has 2 atom stereocenters. The van der Waals surface area contributed by atoms with Crippen molar-refractivity contribution >= 4 is 42.5 Å². The van der Waals surface area contributed by atoms with E-state index in [9.17, 15) is 14.7 Å². The van der Waals surface area contributed by atoms with Gasteiger partial charge in [0.2, 0.25) is 5.91 Å². The normalized spacial score (nSPS) is 19.9. The summed E-state index contributed by atoms with van der Waals surface area (Å²) in [6.07, 6.45) is 1.81. The first-order valence-electron chi connectivity index (χ1n) is 11.4. The summed E-state index contributed by atoms with van der Waals surface area (Å²) in [5.74, 6) is -0.0362. The van der Waals surface area contributed by atoms with Gasteiger partial charge in [-0.25, -0.2) is 4.79 Å². The van der Waals surface area contributed by atoms with Crippen LogP contribution in [0.25, 0.3) is 11.1 Å². The lowest BCUT2D eigenvalue weighted by Gasteiger charge is -2.39. The van der Waals surface area contributed by atoms with Gasteiger partial charge in [0, 0.05) is 31.2 Å². The Hall–Kier alpha value is -2.32. The van der Waals surface area contributed by atoms with Gasteiger partial charge < -0.3 is 26.0 Å². The highest BCUT2D eigenvalue weighted by Crippen LogP contribution is 2.39. The van der Waals surface area contributed by atoms with Crippen LogP contribution in [0.3, 0.4) is 0 Å². The number of hydrogen-bond donors (Lipinski definition) is 4. The van der Waals surface area contributed by atoms with Crippen molar-refractivity contribution in [2.24, 2.45) is 0 Å². The maximum atomic E-state index is 12.2. The molecule has 1 saturated heterocycles. The first kappa shape index (κ1) is 27.9. The molecule has 0 aliphatic carbocycles. The van der Waals surface area contributed by atoms with Crippen molar-refractivity contribution in [2.75, 3.05) is 18.0 Å². The molecule has 2 amide bonds. The van der Waals surface area contributed by atoms with Crippen LogP contribution in [0.1, 0.15) is 50.3 Å². The summed E-state index contributed by atoms with van der Waals surface area (Å²) in [5, 5.41) is 19.0. The molecule has 0 aromatic heterocycles. The number of carboxylic acid groups (broad SMARTS) is 1. The second kappa shape index (κ2) is 12.4. The summed E-state index contributed by atoms with van der Waals surface area (Å²) in [6.45, 7) is 6.51. The minimum atomic E-state index is -1.06. The average Bonchev–Trinajstić information content (AvgIpc) is 2.78. The summed E-state index contributed by atoms with van der Waals surface area (Å²) in [4.78, 5) is 25.4. The monoisotopic (exact) mass is 508 g/mol. The fourth-order valence-corrected chi connectivity index (χ4v) is 4.91. The largest absolute Gasteiger partial charge is 0.465 e. The Morgan fingerprint density at radius 2 is 1.71 bits per heavy atom. The molecule has 0 bridgehead atoms. The predicted molar refractivity (Wildman–Crippen MR) is 140 cm³/mol. The van der Waals surface area contributed by atoms with E-state index in [0.29, 0.717) is 12.5 Å². The van der Waals surface area contributed by atoms with Crippen molar-refractivity contribution in [1.82, 2.24) is 16.0 Å². The van der Waals surface area contributed by atoms with Crippen molar-refractivity contribution in [2.45, 2.75) is 57.8 Å². The number of fused-ring (bicyclic) bond motifs is 1. The predicted octanol–water partition coefficient (Wildman–Crippen LogP) is 4.49. The zero-order valence-corrected chi connectivity index (χ0v) is 21.2. The van der Waals surface area contributed by atoms with Crippen LogP contribution in [0.4, 0.5) is 10.5 Å². The van der Waals surface area contributed by atoms with E-state index >= 15 is 0 Å². The summed E-state index contributed by atoms with van der Waals surface area (Å²) in [7, 11) is 0. The molecule has 2 heterocycles. The van der Waals surface area contributed by atoms with Crippen LogP contribution >= 0.6 is 24.8 Å². The van der Waals surface area contributed by atoms with Gasteiger partial charge >= 0.3 is 6.09 Å². The van der Waals surface area contributed by atoms with Gasteiger partial charge in [-0.1, -0.05) is 30.3 Å². The van der Waals surface area contributed by atoms with Crippen LogP contribution in [0.2, 0.25) is 0 Å². The number of amides is 2. The number of nitrogens with zero attached hydrogens (tertiary/aromatic N) is 1. The molecule has 2 aromatic rings. The van der Waals surface area contributed by atoms with Crippen LogP contribution in [0.15, 0.2) is 42.5 Å². The van der Waals surface area contributed by atoms with E-state index in [1.165, 1.54) is 5.56 Å². The van der Waals surface area contributed by atoms with Gasteiger partial charge in [-0.3, -0.25) is 4.79 Å². The highest BCUT2D eigenvalue weighted by atomic mass is 35.5. The van der Waals surface area contributed by atoms with E-state index in [-0.39, 0.29) is 42.8 Å². The zero-order chi connectivity index (χ0) is 22.7. The molecule has 34 heavy (non-hydrogen) atoms. The Kier molecular flexibility index (Phi) is 10.2. The van der Waals surface area contributed by atoms with Gasteiger partial charge in [0.1, 0.15) is 0 Å². The average molecular weight is 509 g/mol. The van der Waals surface area contributed by atoms with Crippen molar-refractivity contribution in [3.63, 3.8) is 0 Å². The van der Waals surface area contributed by atoms with Gasteiger partial charge in [-0.15, -0.1) is 24.8 Å². The molecule has 2 unspecified atom stereocenters. The van der Waals surface area contributed by atoms with E-state index in [2.05, 4.69) is 40.2 Å². The maximum absolute atomic E-state index is 12.2. The van der Waals surface area contributed by atoms with Crippen LogP contribution in [0.5, 0.6) is 0 Å². The van der Waals surface area contributed by atoms with E-state index in [0.717, 1.165) is 54.9 Å². The van der Waals surface area contributed by atoms with E-state index in [1.54, 1.807) is 11.8 Å². The van der Waals surface area contributed by atoms with Crippen LogP contribution in [0, 0.1) is 0 Å². The maximum Gasteiger partial charge on any atom is 0.405 e. The number of nitrogens with one attached hydrogen (secondary N) is 3. The number of piperidine rings is 1. The zero-order valence-electron chi connectivity index (χ0n) is 19.5. The van der Waals surface area contributed by atoms with Gasteiger partial charge in [0.15, 0.2) is 0 Å². The van der Waals surface area contributed by atoms with Gasteiger partial charge in [-0.2, -0.15) is 0 Å². The second-order valence-electron chi connectivity index (χ2n) is 8.85. The van der Waals surface area contributed by atoms with Crippen molar-refractivity contribution < 1.29 is 14.7 Å². The third-order valence-electron chi connectivity index (χ3n) is 6.54. The number of carbonyl (C=O) groups is 2. The Morgan fingerprint density at radius 1 is 1.06 bits per heavy atom. The first-order chi connectivity index (χ1) is 15.4. The minimum absolute atomic E-state index is 0. The van der Waals surface area contributed by atoms with E-state index < -0.39 is 6.09 Å². The fourth-order valence-electron chi connectivity index (χ4n) is 4.91. The lowest BCUT2D eigenvalue weighted by atomic mass is 9.89. The Morgan fingerprint density at radius 3 is 2.32 bits per heavy atom. The highest BCUT2D eigenvalue weighted by Gasteiger charge is 2.33. The molecule has 0 saturated carbocycles. The molecule has 2 aliphatic rings. The Balaban J connectivity index is 0.00000204. The smallest absolute Gasteiger partial charge is 0.405 e. The quantitative estimate of drug-likeness (QED) is 0.477. The van der Waals surface area contributed by atoms with Gasteiger partial charge in [-0.05, 0) is 73.7 Å². The molecule has 1 fully saturated rings. The Bertz CT molecular complexity index is 981. The standard InChI is InChI=1S/C25H32N4O3.2ClH/c1-16-13-23(28-25(31)32)22-14-20(7-8-24(22)29(16)17(2)30)19-5-3-18(4-6-19)15-27-21-9-11-26-12-10-21;;/h3-8,14,16,21,23,26-28H,9-13,15H2,1-2H3,(H,31,32);2*1H. The molecule has 0 radical (unpaired) electrons. The third-order valence-corrected chi connectivity index (χ3v) is 6.54. The molecule has 2 aromatic carbocycles. The minimum Gasteiger partial charge on any atom is -0.465 e. The van der Waals surface area contributed by atoms with Crippen LogP contribution < -0.4 is 20.9 Å². The highest BCUT2D eigenvalue weighted by molar-refractivity contribution is 5.94. The molecule has 0 spiro atoms. The number of anilines is 1. The molecule has 7 nitrogen and oxygen atoms in total. The summed E-state index contributed by atoms with van der Waals surface area (Å²) in [6, 6.07) is 14.6. The number of hydrogen-bond acceptors (Lipinski definition) is 4. The first-order valence-corrected chi connectivity index (χ1v) is 11.4. The van der Waals surface area contributed by atoms with Crippen molar-refractivity contribution in [1.29, 1.82) is 0 Å². The molecular formula is C25H34Cl2N4O3. The van der Waals surface area contributed by atoms with Crippen LogP contribution in [-0.2, 0) is 11.3 Å². The lowest BCUT2D eigenvalue weighted by molar-refractivity contribution is -0.117. The third kappa shape index (κ3) is 6.42. The van der Waals surface area contributed by atoms with Crippen LogP contribution in [-0.4, -0.2) is 42.3 Å². The topological polar surface area (TPSA) is 93.7 Å². The number of rotatable bonds is 5. The summed E-state index contributed by atoms with van der Waals surface area (Å²) >= 11 is 0. The molecule has 9 heteroatoms. The van der Waals surface area contributed by atoms with Gasteiger partial charge in [0.25, 0.3) is 0 Å². The SMILES string of the molecule is CC(=O)N1c2ccc(-c3ccc(CNC4CCNCC4)cc3)cc2C(NC(=O)O)CC1C.Cl.Cl. The second-order valence-corrected chi connectivity index (χ2v) is 8.85. The van der Waals surface area contributed by atoms with Gasteiger partial charge in [0.05, 0.1) is 6.04 Å². The van der Waals surface area contributed by atoms with Crippen molar-refractivity contribution in [3.05, 3.63) is 53.6 Å².